The molecule has 1 unspecified atom stereocenters. The molecule has 1 aliphatic carbocycles. The first-order chi connectivity index (χ1) is 13.4. The molecule has 0 N–H and O–H groups in total. The standard InChI is InChI=1S/C23H24N2O2/c1-3-9-17(10-4-1)19-15-26-21(24-19)23(13-7-8-14-23)22-25-20(16-27-22)18-11-5-2-6-12-18/h1-6,9-12,19-20H,7-8,13-16H2/t19-,20?/m0/s1. The number of ether oxygens (including phenoxy) is 2. The summed E-state index contributed by atoms with van der Waals surface area (Å²) in [4.78, 5) is 9.98. The molecule has 0 saturated heterocycles. The first-order valence-electron chi connectivity index (χ1n) is 9.87. The van der Waals surface area contributed by atoms with Crippen molar-refractivity contribution in [1.82, 2.24) is 0 Å². The van der Waals surface area contributed by atoms with E-state index < -0.39 is 0 Å². The van der Waals surface area contributed by atoms with Crippen LogP contribution >= 0.6 is 0 Å². The van der Waals surface area contributed by atoms with Crippen LogP contribution in [-0.4, -0.2) is 25.0 Å². The first kappa shape index (κ1) is 16.5. The Morgan fingerprint density at radius 2 is 1.11 bits per heavy atom. The van der Waals surface area contributed by atoms with Crippen LogP contribution in [0.15, 0.2) is 70.6 Å². The van der Waals surface area contributed by atoms with Gasteiger partial charge < -0.3 is 9.47 Å². The molecule has 2 atom stereocenters. The van der Waals surface area contributed by atoms with Crippen LogP contribution < -0.4 is 0 Å². The second-order valence-corrected chi connectivity index (χ2v) is 7.63. The fourth-order valence-electron chi connectivity index (χ4n) is 4.46. The van der Waals surface area contributed by atoms with Crippen molar-refractivity contribution in [3.05, 3.63) is 71.8 Å². The Hall–Kier alpha value is -2.62. The summed E-state index contributed by atoms with van der Waals surface area (Å²) in [6.07, 6.45) is 4.34. The Balaban J connectivity index is 1.45. The van der Waals surface area contributed by atoms with E-state index in [1.807, 2.05) is 12.1 Å². The Kier molecular flexibility index (Phi) is 4.19. The van der Waals surface area contributed by atoms with Gasteiger partial charge in [0.15, 0.2) is 11.8 Å². The van der Waals surface area contributed by atoms with E-state index in [0.717, 1.165) is 37.5 Å². The Bertz CT molecular complexity index is 787. The zero-order chi connectivity index (χ0) is 18.1. The smallest absolute Gasteiger partial charge is 0.200 e. The molecule has 2 aromatic carbocycles. The molecule has 0 aromatic heterocycles. The number of benzene rings is 2. The van der Waals surface area contributed by atoms with E-state index >= 15 is 0 Å². The summed E-state index contributed by atoms with van der Waals surface area (Å²) in [6, 6.07) is 20.9. The molecule has 138 valence electrons. The lowest BCUT2D eigenvalue weighted by molar-refractivity contribution is 0.253. The molecular weight excluding hydrogens is 336 g/mol. The van der Waals surface area contributed by atoms with Gasteiger partial charge in [-0.15, -0.1) is 0 Å². The van der Waals surface area contributed by atoms with Crippen LogP contribution in [0.1, 0.15) is 48.9 Å². The van der Waals surface area contributed by atoms with E-state index in [4.69, 9.17) is 19.5 Å². The van der Waals surface area contributed by atoms with E-state index in [1.54, 1.807) is 0 Å². The van der Waals surface area contributed by atoms with Gasteiger partial charge >= 0.3 is 0 Å². The molecule has 0 bridgehead atoms. The van der Waals surface area contributed by atoms with Crippen LogP contribution in [0.5, 0.6) is 0 Å². The zero-order valence-corrected chi connectivity index (χ0v) is 15.4. The monoisotopic (exact) mass is 360 g/mol. The molecule has 4 heteroatoms. The number of hydrogen-bond acceptors (Lipinski definition) is 4. The van der Waals surface area contributed by atoms with Crippen molar-refractivity contribution >= 4 is 11.8 Å². The fraction of sp³-hybridized carbons (Fsp3) is 0.391. The zero-order valence-electron chi connectivity index (χ0n) is 15.4. The SMILES string of the molecule is c1ccc(C2COC(C3(C4=N[C@H](c5ccccc5)CO4)CCCC3)=N2)cc1. The highest BCUT2D eigenvalue weighted by molar-refractivity contribution is 6.06. The highest BCUT2D eigenvalue weighted by Crippen LogP contribution is 2.46. The summed E-state index contributed by atoms with van der Waals surface area (Å²) in [7, 11) is 0. The van der Waals surface area contributed by atoms with Gasteiger partial charge in [0, 0.05) is 0 Å². The van der Waals surface area contributed by atoms with Crippen LogP contribution in [0, 0.1) is 5.41 Å². The van der Waals surface area contributed by atoms with Gasteiger partial charge in [0.1, 0.15) is 30.7 Å². The van der Waals surface area contributed by atoms with E-state index in [0.29, 0.717) is 13.2 Å². The molecule has 0 radical (unpaired) electrons. The van der Waals surface area contributed by atoms with Crippen molar-refractivity contribution in [3.8, 4) is 0 Å². The van der Waals surface area contributed by atoms with E-state index in [9.17, 15) is 0 Å². The maximum atomic E-state index is 6.15. The quantitative estimate of drug-likeness (QED) is 0.779. The van der Waals surface area contributed by atoms with Gasteiger partial charge in [-0.1, -0.05) is 73.5 Å². The van der Waals surface area contributed by atoms with E-state index in [2.05, 4.69) is 48.5 Å². The normalized spacial score (nSPS) is 26.2. The summed E-state index contributed by atoms with van der Waals surface area (Å²) < 4.78 is 12.3. The van der Waals surface area contributed by atoms with Gasteiger partial charge in [0.05, 0.1) is 0 Å². The molecule has 27 heavy (non-hydrogen) atoms. The van der Waals surface area contributed by atoms with Crippen LogP contribution in [0.25, 0.3) is 0 Å². The van der Waals surface area contributed by atoms with E-state index in [-0.39, 0.29) is 17.5 Å². The summed E-state index contributed by atoms with van der Waals surface area (Å²) in [5.41, 5.74) is 2.14. The van der Waals surface area contributed by atoms with Crippen molar-refractivity contribution in [1.29, 1.82) is 0 Å². The van der Waals surface area contributed by atoms with Gasteiger partial charge in [0.2, 0.25) is 0 Å². The second-order valence-electron chi connectivity index (χ2n) is 7.63. The first-order valence-corrected chi connectivity index (χ1v) is 9.87. The third-order valence-electron chi connectivity index (χ3n) is 5.95. The van der Waals surface area contributed by atoms with Crippen LogP contribution in [0.2, 0.25) is 0 Å². The van der Waals surface area contributed by atoms with Crippen LogP contribution in [0.4, 0.5) is 0 Å². The van der Waals surface area contributed by atoms with Gasteiger partial charge in [-0.3, -0.25) is 0 Å². The summed E-state index contributed by atoms with van der Waals surface area (Å²) in [5.74, 6) is 1.67. The highest BCUT2D eigenvalue weighted by atomic mass is 16.5. The molecule has 2 aliphatic heterocycles. The van der Waals surface area contributed by atoms with Crippen molar-refractivity contribution in [2.24, 2.45) is 15.4 Å². The third kappa shape index (κ3) is 2.93. The molecule has 3 aliphatic rings. The summed E-state index contributed by atoms with van der Waals surface area (Å²) >= 11 is 0. The maximum absolute atomic E-state index is 6.15. The van der Waals surface area contributed by atoms with Crippen molar-refractivity contribution < 1.29 is 9.47 Å². The summed E-state index contributed by atoms with van der Waals surface area (Å²) in [5, 5.41) is 0. The highest BCUT2D eigenvalue weighted by Gasteiger charge is 2.50. The molecule has 4 nitrogen and oxygen atoms in total. The number of rotatable bonds is 4. The van der Waals surface area contributed by atoms with Gasteiger partial charge in [0.25, 0.3) is 0 Å². The minimum Gasteiger partial charge on any atom is -0.478 e. The average molecular weight is 360 g/mol. The molecular formula is C23H24N2O2. The maximum Gasteiger partial charge on any atom is 0.200 e. The summed E-state index contributed by atoms with van der Waals surface area (Å²) in [6.45, 7) is 1.22. The lowest BCUT2D eigenvalue weighted by Crippen LogP contribution is -2.37. The van der Waals surface area contributed by atoms with Gasteiger partial charge in [-0.05, 0) is 24.0 Å². The molecule has 5 rings (SSSR count). The number of nitrogens with zero attached hydrogens (tertiary/aromatic N) is 2. The van der Waals surface area contributed by atoms with Crippen molar-refractivity contribution in [2.45, 2.75) is 37.8 Å². The second kappa shape index (κ2) is 6.84. The number of aliphatic imine (C=N–C) groups is 2. The Morgan fingerprint density at radius 3 is 1.56 bits per heavy atom. The third-order valence-corrected chi connectivity index (χ3v) is 5.95. The fourth-order valence-corrected chi connectivity index (χ4v) is 4.46. The van der Waals surface area contributed by atoms with Crippen LogP contribution in [-0.2, 0) is 9.47 Å². The molecule has 2 heterocycles. The lowest BCUT2D eigenvalue weighted by Gasteiger charge is -2.26. The molecule has 1 saturated carbocycles. The minimum absolute atomic E-state index is 0.0746. The van der Waals surface area contributed by atoms with Crippen molar-refractivity contribution in [3.63, 3.8) is 0 Å². The van der Waals surface area contributed by atoms with Crippen LogP contribution in [0.3, 0.4) is 0 Å². The predicted molar refractivity (Wildman–Crippen MR) is 106 cm³/mol. The number of hydrogen-bond donors (Lipinski definition) is 0. The lowest BCUT2D eigenvalue weighted by atomic mass is 9.85. The largest absolute Gasteiger partial charge is 0.478 e. The molecule has 0 amide bonds. The average Bonchev–Trinajstić information content (AvgIpc) is 3.49. The van der Waals surface area contributed by atoms with Crippen molar-refractivity contribution in [2.75, 3.05) is 13.2 Å². The minimum atomic E-state index is -0.271. The predicted octanol–water partition coefficient (Wildman–Crippen LogP) is 4.89. The Labute approximate surface area is 160 Å². The topological polar surface area (TPSA) is 43.2 Å². The Morgan fingerprint density at radius 1 is 0.667 bits per heavy atom. The van der Waals surface area contributed by atoms with E-state index in [1.165, 1.54) is 11.1 Å². The van der Waals surface area contributed by atoms with Gasteiger partial charge in [-0.2, -0.15) is 0 Å². The van der Waals surface area contributed by atoms with Gasteiger partial charge in [-0.25, -0.2) is 9.98 Å². The molecule has 2 aromatic rings. The molecule has 0 spiro atoms. The molecule has 1 fully saturated rings.